The van der Waals surface area contributed by atoms with Crippen LogP contribution in [-0.4, -0.2) is 29.6 Å². The van der Waals surface area contributed by atoms with Crippen LogP contribution in [0, 0.1) is 0 Å². The number of amides is 1. The Hall–Kier alpha value is -1.56. The SMILES string of the molecule is CC(C)N(CC(F)(F)F)C(=O)C(C)(N)c1ccccc1. The minimum absolute atomic E-state index is 0.484. The highest BCUT2D eigenvalue weighted by Gasteiger charge is 2.40. The maximum absolute atomic E-state index is 12.6. The zero-order chi connectivity index (χ0) is 15.6. The molecule has 0 saturated heterocycles. The molecule has 1 rings (SSSR count). The number of benzene rings is 1. The van der Waals surface area contributed by atoms with Gasteiger partial charge in [0.15, 0.2) is 0 Å². The Balaban J connectivity index is 3.06. The summed E-state index contributed by atoms with van der Waals surface area (Å²) in [7, 11) is 0. The molecule has 0 aromatic heterocycles. The molecule has 0 radical (unpaired) electrons. The standard InChI is InChI=1S/C14H19F3N2O/c1-10(2)19(9-14(15,16)17)12(20)13(3,18)11-7-5-4-6-8-11/h4-8,10H,9,18H2,1-3H3. The molecule has 0 heterocycles. The number of carbonyl (C=O) groups excluding carboxylic acids is 1. The van der Waals surface area contributed by atoms with Crippen LogP contribution >= 0.6 is 0 Å². The van der Waals surface area contributed by atoms with Crippen LogP contribution < -0.4 is 5.73 Å². The van der Waals surface area contributed by atoms with Crippen LogP contribution in [0.5, 0.6) is 0 Å². The van der Waals surface area contributed by atoms with E-state index in [4.69, 9.17) is 5.73 Å². The second-order valence-corrected chi connectivity index (χ2v) is 5.21. The lowest BCUT2D eigenvalue weighted by Crippen LogP contribution is -2.55. The summed E-state index contributed by atoms with van der Waals surface area (Å²) >= 11 is 0. The number of carbonyl (C=O) groups is 1. The second kappa shape index (κ2) is 5.83. The summed E-state index contributed by atoms with van der Waals surface area (Å²) in [6, 6.07) is 7.80. The molecule has 0 bridgehead atoms. The largest absolute Gasteiger partial charge is 0.406 e. The van der Waals surface area contributed by atoms with Crippen molar-refractivity contribution in [2.75, 3.05) is 6.54 Å². The maximum atomic E-state index is 12.6. The van der Waals surface area contributed by atoms with Crippen LogP contribution in [0.3, 0.4) is 0 Å². The summed E-state index contributed by atoms with van der Waals surface area (Å²) in [5.41, 5.74) is 4.98. The zero-order valence-corrected chi connectivity index (χ0v) is 11.7. The summed E-state index contributed by atoms with van der Waals surface area (Å²) in [6.07, 6.45) is -4.45. The summed E-state index contributed by atoms with van der Waals surface area (Å²) in [5.74, 6) is -0.740. The fourth-order valence-corrected chi connectivity index (χ4v) is 1.89. The molecule has 0 aliphatic heterocycles. The van der Waals surface area contributed by atoms with Gasteiger partial charge in [-0.1, -0.05) is 30.3 Å². The number of halogens is 3. The summed E-state index contributed by atoms with van der Waals surface area (Å²) in [5, 5.41) is 0. The van der Waals surface area contributed by atoms with E-state index in [2.05, 4.69) is 0 Å². The lowest BCUT2D eigenvalue weighted by molar-refractivity contribution is -0.168. The van der Waals surface area contributed by atoms with Gasteiger partial charge < -0.3 is 10.6 Å². The van der Waals surface area contributed by atoms with E-state index in [0.717, 1.165) is 4.90 Å². The minimum atomic E-state index is -4.45. The van der Waals surface area contributed by atoms with Gasteiger partial charge in [-0.3, -0.25) is 4.79 Å². The maximum Gasteiger partial charge on any atom is 0.406 e. The van der Waals surface area contributed by atoms with Crippen LogP contribution in [0.2, 0.25) is 0 Å². The van der Waals surface area contributed by atoms with Crippen molar-refractivity contribution < 1.29 is 18.0 Å². The highest BCUT2D eigenvalue weighted by molar-refractivity contribution is 5.87. The van der Waals surface area contributed by atoms with Gasteiger partial charge in [-0.2, -0.15) is 13.2 Å². The monoisotopic (exact) mass is 288 g/mol. The van der Waals surface area contributed by atoms with E-state index in [0.29, 0.717) is 5.56 Å². The Morgan fingerprint density at radius 1 is 1.25 bits per heavy atom. The topological polar surface area (TPSA) is 46.3 Å². The zero-order valence-electron chi connectivity index (χ0n) is 11.7. The normalized spacial score (nSPS) is 15.0. The van der Waals surface area contributed by atoms with Crippen molar-refractivity contribution >= 4 is 5.91 Å². The first-order valence-electron chi connectivity index (χ1n) is 6.28. The predicted octanol–water partition coefficient (Wildman–Crippen LogP) is 2.66. The molecule has 112 valence electrons. The second-order valence-electron chi connectivity index (χ2n) is 5.21. The van der Waals surface area contributed by atoms with E-state index < -0.39 is 30.2 Å². The van der Waals surface area contributed by atoms with E-state index in [9.17, 15) is 18.0 Å². The lowest BCUT2D eigenvalue weighted by Gasteiger charge is -2.35. The van der Waals surface area contributed by atoms with Crippen LogP contribution in [0.1, 0.15) is 26.3 Å². The van der Waals surface area contributed by atoms with Crippen molar-refractivity contribution in [1.82, 2.24) is 4.90 Å². The van der Waals surface area contributed by atoms with Gasteiger partial charge in [0.05, 0.1) is 0 Å². The van der Waals surface area contributed by atoms with Gasteiger partial charge in [-0.15, -0.1) is 0 Å². The van der Waals surface area contributed by atoms with Gasteiger partial charge in [-0.25, -0.2) is 0 Å². The Bertz CT molecular complexity index is 455. The number of hydrogen-bond acceptors (Lipinski definition) is 2. The summed E-state index contributed by atoms with van der Waals surface area (Å²) in [4.78, 5) is 13.1. The molecule has 2 N–H and O–H groups in total. The Morgan fingerprint density at radius 2 is 1.75 bits per heavy atom. The predicted molar refractivity (Wildman–Crippen MR) is 70.9 cm³/mol. The van der Waals surface area contributed by atoms with Crippen molar-refractivity contribution in [3.63, 3.8) is 0 Å². The molecule has 1 unspecified atom stereocenters. The average molecular weight is 288 g/mol. The van der Waals surface area contributed by atoms with Crippen molar-refractivity contribution in [1.29, 1.82) is 0 Å². The molecular formula is C14H19F3N2O. The molecule has 1 amide bonds. The first-order valence-corrected chi connectivity index (χ1v) is 6.28. The van der Waals surface area contributed by atoms with Gasteiger partial charge in [0, 0.05) is 6.04 Å². The fraction of sp³-hybridized carbons (Fsp3) is 0.500. The van der Waals surface area contributed by atoms with Crippen LogP contribution in [0.25, 0.3) is 0 Å². The molecular weight excluding hydrogens is 269 g/mol. The van der Waals surface area contributed by atoms with Gasteiger partial charge in [0.2, 0.25) is 5.91 Å². The van der Waals surface area contributed by atoms with E-state index in [1.165, 1.54) is 20.8 Å². The fourth-order valence-electron chi connectivity index (χ4n) is 1.89. The molecule has 0 fully saturated rings. The lowest BCUT2D eigenvalue weighted by atomic mass is 9.91. The van der Waals surface area contributed by atoms with Crippen LogP contribution in [0.4, 0.5) is 13.2 Å². The minimum Gasteiger partial charge on any atom is -0.329 e. The summed E-state index contributed by atoms with van der Waals surface area (Å²) < 4.78 is 37.7. The molecule has 1 aromatic rings. The highest BCUT2D eigenvalue weighted by Crippen LogP contribution is 2.25. The third-order valence-electron chi connectivity index (χ3n) is 3.05. The van der Waals surface area contributed by atoms with Crippen molar-refractivity contribution in [3.8, 4) is 0 Å². The molecule has 6 heteroatoms. The van der Waals surface area contributed by atoms with Crippen LogP contribution in [-0.2, 0) is 10.3 Å². The number of hydrogen-bond donors (Lipinski definition) is 1. The average Bonchev–Trinajstić information content (AvgIpc) is 2.35. The summed E-state index contributed by atoms with van der Waals surface area (Å²) in [6.45, 7) is 3.19. The van der Waals surface area contributed by atoms with E-state index in [1.54, 1.807) is 30.3 Å². The van der Waals surface area contributed by atoms with E-state index in [-0.39, 0.29) is 0 Å². The number of nitrogens with two attached hydrogens (primary N) is 1. The molecule has 0 aliphatic rings. The number of alkyl halides is 3. The van der Waals surface area contributed by atoms with Crippen molar-refractivity contribution in [3.05, 3.63) is 35.9 Å². The molecule has 0 aliphatic carbocycles. The number of rotatable bonds is 4. The van der Waals surface area contributed by atoms with Gasteiger partial charge in [0.25, 0.3) is 0 Å². The number of nitrogens with zero attached hydrogens (tertiary/aromatic N) is 1. The quantitative estimate of drug-likeness (QED) is 0.926. The van der Waals surface area contributed by atoms with E-state index in [1.807, 2.05) is 0 Å². The Kier molecular flexibility index (Phi) is 4.81. The molecule has 1 aromatic carbocycles. The highest BCUT2D eigenvalue weighted by atomic mass is 19.4. The Labute approximate surface area is 116 Å². The first-order chi connectivity index (χ1) is 9.05. The van der Waals surface area contributed by atoms with Gasteiger partial charge in [0.1, 0.15) is 12.1 Å². The molecule has 20 heavy (non-hydrogen) atoms. The van der Waals surface area contributed by atoms with Crippen LogP contribution in [0.15, 0.2) is 30.3 Å². The first kappa shape index (κ1) is 16.5. The Morgan fingerprint density at radius 3 is 2.15 bits per heavy atom. The molecule has 3 nitrogen and oxygen atoms in total. The molecule has 1 atom stereocenters. The molecule has 0 spiro atoms. The van der Waals surface area contributed by atoms with Gasteiger partial charge in [-0.05, 0) is 26.3 Å². The van der Waals surface area contributed by atoms with Gasteiger partial charge >= 0.3 is 6.18 Å². The van der Waals surface area contributed by atoms with Crippen molar-refractivity contribution in [2.24, 2.45) is 5.73 Å². The third kappa shape index (κ3) is 3.96. The molecule has 0 saturated carbocycles. The smallest absolute Gasteiger partial charge is 0.329 e. The van der Waals surface area contributed by atoms with Crippen molar-refractivity contribution in [2.45, 2.75) is 38.5 Å². The van der Waals surface area contributed by atoms with E-state index >= 15 is 0 Å². The third-order valence-corrected chi connectivity index (χ3v) is 3.05.